The van der Waals surface area contributed by atoms with Gasteiger partial charge in [0.25, 0.3) is 0 Å². The maximum atomic E-state index is 14.7. The molecule has 1 fully saturated rings. The summed E-state index contributed by atoms with van der Waals surface area (Å²) in [5.74, 6) is -3.35. The first kappa shape index (κ1) is 21.0. The molecule has 0 unspecified atom stereocenters. The first-order valence-electron chi connectivity index (χ1n) is 10.5. The number of benzene rings is 2. The Kier molecular flexibility index (Phi) is 5.26. The summed E-state index contributed by atoms with van der Waals surface area (Å²) in [6, 6.07) is 9.59. The molecule has 2 aromatic carbocycles. The van der Waals surface area contributed by atoms with Crippen LogP contribution >= 0.6 is 0 Å². The lowest BCUT2D eigenvalue weighted by molar-refractivity contribution is 0.0695. The molecule has 9 heteroatoms. The third-order valence-electron chi connectivity index (χ3n) is 5.97. The Morgan fingerprint density at radius 2 is 1.73 bits per heavy atom. The van der Waals surface area contributed by atoms with Crippen molar-refractivity contribution in [2.75, 3.05) is 38.1 Å². The van der Waals surface area contributed by atoms with Gasteiger partial charge in [-0.2, -0.15) is 0 Å². The SMILES string of the molecule is CN1CCN(c2ccc(-c3cnc4[nH]cc(-c5c(F)cc(C(=O)O)cc5F)c4n3)cc2)CC1. The van der Waals surface area contributed by atoms with Gasteiger partial charge in [-0.25, -0.2) is 23.5 Å². The molecule has 0 atom stereocenters. The Labute approximate surface area is 188 Å². The fourth-order valence-corrected chi connectivity index (χ4v) is 4.08. The lowest BCUT2D eigenvalue weighted by Gasteiger charge is -2.34. The van der Waals surface area contributed by atoms with Crippen LogP contribution in [0.25, 0.3) is 33.5 Å². The van der Waals surface area contributed by atoms with Crippen LogP contribution in [-0.4, -0.2) is 64.2 Å². The van der Waals surface area contributed by atoms with Gasteiger partial charge in [0.15, 0.2) is 5.65 Å². The molecule has 7 nitrogen and oxygen atoms in total. The average Bonchev–Trinajstić information content (AvgIpc) is 3.22. The third kappa shape index (κ3) is 3.91. The van der Waals surface area contributed by atoms with Crippen molar-refractivity contribution < 1.29 is 18.7 Å². The van der Waals surface area contributed by atoms with Gasteiger partial charge < -0.3 is 19.9 Å². The maximum Gasteiger partial charge on any atom is 0.335 e. The monoisotopic (exact) mass is 449 g/mol. The standard InChI is InChI=1S/C24H21F2N5O2/c1-30-6-8-31(9-7-30)16-4-2-14(3-5-16)20-13-28-23-22(29-20)17(12-27-23)21-18(25)10-15(24(32)33)11-19(21)26/h2-5,10-13H,6-9H2,1H3,(H,27,28)(H,32,33). The van der Waals surface area contributed by atoms with Gasteiger partial charge in [0.1, 0.15) is 17.2 Å². The Bertz CT molecular complexity index is 1320. The number of carbonyl (C=O) groups is 1. The third-order valence-corrected chi connectivity index (χ3v) is 5.97. The Morgan fingerprint density at radius 3 is 2.36 bits per heavy atom. The first-order chi connectivity index (χ1) is 15.9. The van der Waals surface area contributed by atoms with E-state index in [0.717, 1.165) is 49.6 Å². The van der Waals surface area contributed by atoms with Gasteiger partial charge in [-0.1, -0.05) is 12.1 Å². The van der Waals surface area contributed by atoms with E-state index in [1.165, 1.54) is 6.20 Å². The maximum absolute atomic E-state index is 14.7. The zero-order valence-corrected chi connectivity index (χ0v) is 17.8. The topological polar surface area (TPSA) is 85.3 Å². The van der Waals surface area contributed by atoms with Crippen LogP contribution in [0.2, 0.25) is 0 Å². The minimum Gasteiger partial charge on any atom is -0.478 e. The van der Waals surface area contributed by atoms with Crippen molar-refractivity contribution >= 4 is 22.8 Å². The minimum atomic E-state index is -1.40. The molecule has 0 aliphatic carbocycles. The normalized spacial score (nSPS) is 14.7. The summed E-state index contributed by atoms with van der Waals surface area (Å²) >= 11 is 0. The second-order valence-corrected chi connectivity index (χ2v) is 8.11. The van der Waals surface area contributed by atoms with Crippen LogP contribution in [0, 0.1) is 11.6 Å². The summed E-state index contributed by atoms with van der Waals surface area (Å²) in [5, 5.41) is 9.04. The van der Waals surface area contributed by atoms with Gasteiger partial charge in [0.05, 0.1) is 23.0 Å². The highest BCUT2D eigenvalue weighted by atomic mass is 19.1. The number of aromatic amines is 1. The number of nitrogens with zero attached hydrogens (tertiary/aromatic N) is 4. The average molecular weight is 449 g/mol. The van der Waals surface area contributed by atoms with Gasteiger partial charge in [0, 0.05) is 49.2 Å². The Hall–Kier alpha value is -3.85. The van der Waals surface area contributed by atoms with E-state index in [1.54, 1.807) is 6.20 Å². The van der Waals surface area contributed by atoms with E-state index < -0.39 is 23.2 Å². The molecule has 1 saturated heterocycles. The predicted octanol–water partition coefficient (Wildman–Crippen LogP) is 4.02. The second kappa shape index (κ2) is 8.25. The molecular formula is C24H21F2N5O2. The van der Waals surface area contributed by atoms with Gasteiger partial charge in [-0.15, -0.1) is 0 Å². The number of carboxylic acid groups (broad SMARTS) is 1. The molecule has 5 rings (SSSR count). The highest BCUT2D eigenvalue weighted by Crippen LogP contribution is 2.33. The van der Waals surface area contributed by atoms with E-state index in [2.05, 4.69) is 31.8 Å². The van der Waals surface area contributed by atoms with Crippen molar-refractivity contribution in [1.82, 2.24) is 19.9 Å². The summed E-state index contributed by atoms with van der Waals surface area (Å²) in [7, 11) is 2.11. The largest absolute Gasteiger partial charge is 0.478 e. The van der Waals surface area contributed by atoms with Gasteiger partial charge >= 0.3 is 5.97 Å². The van der Waals surface area contributed by atoms with Crippen LogP contribution in [0.4, 0.5) is 14.5 Å². The van der Waals surface area contributed by atoms with Crippen molar-refractivity contribution in [2.45, 2.75) is 0 Å². The summed E-state index contributed by atoms with van der Waals surface area (Å²) < 4.78 is 29.3. The van der Waals surface area contributed by atoms with Crippen LogP contribution in [-0.2, 0) is 0 Å². The molecule has 33 heavy (non-hydrogen) atoms. The molecule has 0 saturated carbocycles. The summed E-state index contributed by atoms with van der Waals surface area (Å²) in [6.45, 7) is 3.96. The van der Waals surface area contributed by atoms with E-state index in [-0.39, 0.29) is 11.1 Å². The van der Waals surface area contributed by atoms with Crippen molar-refractivity contribution in [3.63, 3.8) is 0 Å². The van der Waals surface area contributed by atoms with Crippen LogP contribution in [0.15, 0.2) is 48.8 Å². The molecule has 2 aromatic heterocycles. The molecule has 1 aliphatic rings. The molecule has 0 amide bonds. The van der Waals surface area contributed by atoms with Crippen LogP contribution < -0.4 is 4.90 Å². The van der Waals surface area contributed by atoms with E-state index in [0.29, 0.717) is 16.9 Å². The number of piperazine rings is 1. The molecule has 4 aromatic rings. The van der Waals surface area contributed by atoms with E-state index in [4.69, 9.17) is 5.11 Å². The number of aromatic nitrogens is 3. The van der Waals surface area contributed by atoms with Gasteiger partial charge in [-0.3, -0.25) is 0 Å². The predicted molar refractivity (Wildman–Crippen MR) is 121 cm³/mol. The number of likely N-dealkylation sites (N-methyl/N-ethyl adjacent to an activating group) is 1. The number of anilines is 1. The van der Waals surface area contributed by atoms with Gasteiger partial charge in [-0.05, 0) is 31.3 Å². The number of rotatable bonds is 4. The molecule has 0 radical (unpaired) electrons. The fraction of sp³-hybridized carbons (Fsp3) is 0.208. The number of halogens is 2. The van der Waals surface area contributed by atoms with Crippen LogP contribution in [0.3, 0.4) is 0 Å². The number of H-pyrrole nitrogens is 1. The van der Waals surface area contributed by atoms with E-state index in [9.17, 15) is 13.6 Å². The first-order valence-corrected chi connectivity index (χ1v) is 10.5. The number of carboxylic acids is 1. The number of hydrogen-bond acceptors (Lipinski definition) is 5. The lowest BCUT2D eigenvalue weighted by atomic mass is 10.0. The molecule has 2 N–H and O–H groups in total. The zero-order chi connectivity index (χ0) is 23.1. The second-order valence-electron chi connectivity index (χ2n) is 8.11. The van der Waals surface area contributed by atoms with E-state index >= 15 is 0 Å². The van der Waals surface area contributed by atoms with Crippen LogP contribution in [0.5, 0.6) is 0 Å². The summed E-state index contributed by atoms with van der Waals surface area (Å²) in [4.78, 5) is 27.6. The Balaban J connectivity index is 1.50. The van der Waals surface area contributed by atoms with Crippen molar-refractivity contribution in [1.29, 1.82) is 0 Å². The minimum absolute atomic E-state index is 0.181. The number of nitrogens with one attached hydrogen (secondary N) is 1. The highest BCUT2D eigenvalue weighted by molar-refractivity contribution is 5.93. The zero-order valence-electron chi connectivity index (χ0n) is 17.8. The Morgan fingerprint density at radius 1 is 1.06 bits per heavy atom. The molecule has 0 bridgehead atoms. The molecule has 0 spiro atoms. The smallest absolute Gasteiger partial charge is 0.335 e. The fourth-order valence-electron chi connectivity index (χ4n) is 4.08. The van der Waals surface area contributed by atoms with Crippen molar-refractivity contribution in [3.05, 3.63) is 66.0 Å². The highest BCUT2D eigenvalue weighted by Gasteiger charge is 2.21. The van der Waals surface area contributed by atoms with E-state index in [1.807, 2.05) is 24.3 Å². The number of fused-ring (bicyclic) bond motifs is 1. The van der Waals surface area contributed by atoms with Gasteiger partial charge in [0.2, 0.25) is 0 Å². The molecular weight excluding hydrogens is 428 g/mol. The van der Waals surface area contributed by atoms with Crippen molar-refractivity contribution in [3.8, 4) is 22.4 Å². The summed E-state index contributed by atoms with van der Waals surface area (Å²) in [6.07, 6.45) is 3.03. The number of hydrogen-bond donors (Lipinski definition) is 2. The molecule has 168 valence electrons. The number of aromatic carboxylic acids is 1. The summed E-state index contributed by atoms with van der Waals surface area (Å²) in [5.41, 5.74) is 2.59. The van der Waals surface area contributed by atoms with Crippen LogP contribution in [0.1, 0.15) is 10.4 Å². The lowest BCUT2D eigenvalue weighted by Crippen LogP contribution is -2.44. The van der Waals surface area contributed by atoms with Crippen molar-refractivity contribution in [2.24, 2.45) is 0 Å². The molecule has 3 heterocycles. The quantitative estimate of drug-likeness (QED) is 0.490. The molecule has 1 aliphatic heterocycles.